The van der Waals surface area contributed by atoms with E-state index in [1.807, 2.05) is 43.3 Å². The van der Waals surface area contributed by atoms with Crippen LogP contribution in [0.3, 0.4) is 0 Å². The number of carbonyl (C=O) groups is 1. The van der Waals surface area contributed by atoms with Crippen LogP contribution in [0.2, 0.25) is 5.02 Å². The summed E-state index contributed by atoms with van der Waals surface area (Å²) in [5.41, 5.74) is 3.72. The summed E-state index contributed by atoms with van der Waals surface area (Å²) < 4.78 is 0. The van der Waals surface area contributed by atoms with Crippen molar-refractivity contribution in [3.8, 4) is 11.4 Å². The Morgan fingerprint density at radius 2 is 1.97 bits per heavy atom. The van der Waals surface area contributed by atoms with Crippen molar-refractivity contribution in [1.82, 2.24) is 25.2 Å². The first-order chi connectivity index (χ1) is 15.1. The van der Waals surface area contributed by atoms with Crippen LogP contribution in [-0.2, 0) is 17.8 Å². The third-order valence-electron chi connectivity index (χ3n) is 5.11. The molecule has 0 atom stereocenters. The lowest BCUT2D eigenvalue weighted by Gasteiger charge is -2.21. The molecule has 0 aliphatic carbocycles. The number of hydrogen-bond donors (Lipinski definition) is 2. The zero-order valence-corrected chi connectivity index (χ0v) is 18.2. The second-order valence-corrected chi connectivity index (χ2v) is 7.97. The van der Waals surface area contributed by atoms with Gasteiger partial charge in [-0.15, -0.1) is 0 Å². The SMILES string of the molecule is CCN1CC(=O)NCCCc2cc(ccn2)-c2nccc(n2)Nc2cc(Cl)cc(c2)C1. The number of hydrogen-bond acceptors (Lipinski definition) is 6. The number of carbonyl (C=O) groups excluding carboxylic acids is 1. The number of benzene rings is 1. The molecule has 3 heterocycles. The van der Waals surface area contributed by atoms with Gasteiger partial charge in [0.05, 0.1) is 6.54 Å². The Morgan fingerprint density at radius 1 is 1.10 bits per heavy atom. The van der Waals surface area contributed by atoms with Crippen molar-refractivity contribution in [3.63, 3.8) is 0 Å². The van der Waals surface area contributed by atoms with Gasteiger partial charge >= 0.3 is 0 Å². The zero-order chi connectivity index (χ0) is 21.6. The Labute approximate surface area is 186 Å². The highest BCUT2D eigenvalue weighted by Gasteiger charge is 2.12. The third kappa shape index (κ3) is 5.77. The second-order valence-electron chi connectivity index (χ2n) is 7.53. The molecule has 1 aliphatic heterocycles. The van der Waals surface area contributed by atoms with Crippen molar-refractivity contribution in [2.45, 2.75) is 26.3 Å². The van der Waals surface area contributed by atoms with Crippen LogP contribution in [0.25, 0.3) is 11.4 Å². The molecule has 0 radical (unpaired) electrons. The quantitative estimate of drug-likeness (QED) is 0.603. The van der Waals surface area contributed by atoms with Gasteiger partial charge in [-0.2, -0.15) is 0 Å². The van der Waals surface area contributed by atoms with Gasteiger partial charge in [-0.05, 0) is 61.3 Å². The zero-order valence-electron chi connectivity index (χ0n) is 17.4. The minimum absolute atomic E-state index is 0.0217. The molecule has 0 saturated heterocycles. The van der Waals surface area contributed by atoms with Gasteiger partial charge in [-0.1, -0.05) is 18.5 Å². The molecule has 7 nitrogen and oxygen atoms in total. The van der Waals surface area contributed by atoms with E-state index in [9.17, 15) is 4.79 Å². The first-order valence-electron chi connectivity index (χ1n) is 10.4. The highest BCUT2D eigenvalue weighted by Crippen LogP contribution is 2.24. The normalized spacial score (nSPS) is 15.4. The monoisotopic (exact) mass is 436 g/mol. The van der Waals surface area contributed by atoms with E-state index in [0.717, 1.165) is 41.9 Å². The molecular formula is C23H25ClN6O. The summed E-state index contributed by atoms with van der Waals surface area (Å²) in [6.45, 7) is 4.38. The van der Waals surface area contributed by atoms with Crippen LogP contribution < -0.4 is 10.6 Å². The molecule has 0 unspecified atom stereocenters. The lowest BCUT2D eigenvalue weighted by atomic mass is 10.1. The summed E-state index contributed by atoms with van der Waals surface area (Å²) in [4.78, 5) is 28.0. The molecule has 1 aromatic carbocycles. The summed E-state index contributed by atoms with van der Waals surface area (Å²) in [5.74, 6) is 1.33. The molecule has 1 aliphatic rings. The maximum Gasteiger partial charge on any atom is 0.234 e. The molecule has 31 heavy (non-hydrogen) atoms. The molecule has 3 aromatic rings. The highest BCUT2D eigenvalue weighted by atomic mass is 35.5. The van der Waals surface area contributed by atoms with Crippen LogP contribution in [0, 0.1) is 0 Å². The summed E-state index contributed by atoms with van der Waals surface area (Å²) >= 11 is 6.37. The lowest BCUT2D eigenvalue weighted by molar-refractivity contribution is -0.122. The predicted octanol–water partition coefficient (Wildman–Crippen LogP) is 3.82. The molecule has 6 bridgehead atoms. The molecule has 2 aromatic heterocycles. The lowest BCUT2D eigenvalue weighted by Crippen LogP contribution is -2.37. The van der Waals surface area contributed by atoms with Gasteiger partial charge in [0.1, 0.15) is 5.82 Å². The Balaban J connectivity index is 1.69. The summed E-state index contributed by atoms with van der Waals surface area (Å²) in [5, 5.41) is 6.97. The first kappa shape index (κ1) is 21.2. The Morgan fingerprint density at radius 3 is 2.84 bits per heavy atom. The van der Waals surface area contributed by atoms with Crippen molar-refractivity contribution in [2.75, 3.05) is 25.0 Å². The van der Waals surface area contributed by atoms with Gasteiger partial charge < -0.3 is 10.6 Å². The van der Waals surface area contributed by atoms with Crippen molar-refractivity contribution < 1.29 is 4.79 Å². The number of halogens is 1. The number of likely N-dealkylation sites (N-methyl/N-ethyl adjacent to an activating group) is 1. The fourth-order valence-corrected chi connectivity index (χ4v) is 3.83. The molecular weight excluding hydrogens is 412 g/mol. The number of nitrogens with one attached hydrogen (secondary N) is 2. The molecule has 0 saturated carbocycles. The molecule has 0 fully saturated rings. The smallest absolute Gasteiger partial charge is 0.234 e. The van der Waals surface area contributed by atoms with Gasteiger partial charge in [-0.3, -0.25) is 14.7 Å². The number of pyridine rings is 1. The highest BCUT2D eigenvalue weighted by molar-refractivity contribution is 6.31. The number of fused-ring (bicyclic) bond motifs is 7. The van der Waals surface area contributed by atoms with Gasteiger partial charge in [0.15, 0.2) is 5.82 Å². The van der Waals surface area contributed by atoms with E-state index >= 15 is 0 Å². The van der Waals surface area contributed by atoms with E-state index in [1.165, 1.54) is 0 Å². The molecule has 8 heteroatoms. The molecule has 1 amide bonds. The first-order valence-corrected chi connectivity index (χ1v) is 10.8. The van der Waals surface area contributed by atoms with E-state index in [-0.39, 0.29) is 5.91 Å². The van der Waals surface area contributed by atoms with Crippen LogP contribution in [0.15, 0.2) is 48.8 Å². The van der Waals surface area contributed by atoms with Crippen LogP contribution in [0.5, 0.6) is 0 Å². The summed E-state index contributed by atoms with van der Waals surface area (Å²) in [6, 6.07) is 11.5. The maximum atomic E-state index is 12.4. The minimum Gasteiger partial charge on any atom is -0.355 e. The number of amides is 1. The molecule has 2 N–H and O–H groups in total. The van der Waals surface area contributed by atoms with Gasteiger partial charge in [0, 0.05) is 47.5 Å². The fraction of sp³-hybridized carbons (Fsp3) is 0.304. The molecule has 160 valence electrons. The average Bonchev–Trinajstić information content (AvgIpc) is 2.76. The number of nitrogens with zero attached hydrogens (tertiary/aromatic N) is 4. The van der Waals surface area contributed by atoms with Gasteiger partial charge in [0.25, 0.3) is 0 Å². The molecule has 0 spiro atoms. The van der Waals surface area contributed by atoms with Gasteiger partial charge in [0.2, 0.25) is 5.91 Å². The van der Waals surface area contributed by atoms with Gasteiger partial charge in [-0.25, -0.2) is 9.97 Å². The third-order valence-corrected chi connectivity index (χ3v) is 5.33. The number of anilines is 2. The Hall–Kier alpha value is -3.03. The van der Waals surface area contributed by atoms with E-state index in [1.54, 1.807) is 12.4 Å². The predicted molar refractivity (Wildman–Crippen MR) is 122 cm³/mol. The number of rotatable bonds is 1. The minimum atomic E-state index is 0.0217. The summed E-state index contributed by atoms with van der Waals surface area (Å²) in [7, 11) is 0. The Bertz CT molecular complexity index is 1070. The molecule has 4 rings (SSSR count). The second kappa shape index (κ2) is 9.85. The number of aryl methyl sites for hydroxylation is 1. The topological polar surface area (TPSA) is 83.0 Å². The maximum absolute atomic E-state index is 12.4. The summed E-state index contributed by atoms with van der Waals surface area (Å²) in [6.07, 6.45) is 5.09. The van der Waals surface area contributed by atoms with Crippen molar-refractivity contribution >= 4 is 29.0 Å². The Kier molecular flexibility index (Phi) is 6.74. The van der Waals surface area contributed by atoms with Crippen LogP contribution in [-0.4, -0.2) is 45.4 Å². The van der Waals surface area contributed by atoms with E-state index in [4.69, 9.17) is 11.6 Å². The van der Waals surface area contributed by atoms with Crippen molar-refractivity contribution in [3.05, 3.63) is 65.1 Å². The van der Waals surface area contributed by atoms with Crippen LogP contribution >= 0.6 is 11.6 Å². The standard InChI is InChI=1S/C23H25ClN6O/c1-2-30-14-16-10-18(24)13-20(11-16)28-21-6-9-27-23(29-21)17-5-8-25-19(12-17)4-3-7-26-22(31)15-30/h5-6,8-13H,2-4,7,14-15H2,1H3,(H,26,31)(H,27,28,29). The van der Waals surface area contributed by atoms with Crippen LogP contribution in [0.4, 0.5) is 11.5 Å². The fourth-order valence-electron chi connectivity index (χ4n) is 3.58. The largest absolute Gasteiger partial charge is 0.355 e. The van der Waals surface area contributed by atoms with Crippen molar-refractivity contribution in [2.24, 2.45) is 0 Å². The van der Waals surface area contributed by atoms with E-state index < -0.39 is 0 Å². The van der Waals surface area contributed by atoms with Crippen LogP contribution in [0.1, 0.15) is 24.6 Å². The van der Waals surface area contributed by atoms with E-state index in [0.29, 0.717) is 36.3 Å². The van der Waals surface area contributed by atoms with E-state index in [2.05, 4.69) is 30.5 Å². The van der Waals surface area contributed by atoms with Crippen molar-refractivity contribution in [1.29, 1.82) is 0 Å². The average molecular weight is 437 g/mol. The number of aromatic nitrogens is 3.